The Morgan fingerprint density at radius 1 is 1.12 bits per heavy atom. The van der Waals surface area contributed by atoms with Gasteiger partial charge in [-0.1, -0.05) is 24.6 Å². The molecule has 0 bridgehead atoms. The fourth-order valence-electron chi connectivity index (χ4n) is 2.46. The van der Waals surface area contributed by atoms with Crippen LogP contribution in [0.25, 0.3) is 0 Å². The van der Waals surface area contributed by atoms with Gasteiger partial charge in [0.1, 0.15) is 5.82 Å². The number of unbranched alkanes of at least 4 members (excludes halogenated alkanes) is 2. The van der Waals surface area contributed by atoms with E-state index in [1.54, 1.807) is 23.5 Å². The molecule has 4 N–H and O–H groups in total. The maximum atomic E-state index is 13.2. The smallest absolute Gasteiger partial charge is 0.312 e. The molecule has 1 aromatic carbocycles. The highest BCUT2D eigenvalue weighted by atomic mass is 32.1. The zero-order valence-corrected chi connectivity index (χ0v) is 14.7. The number of hydrogen-bond acceptors (Lipinski definition) is 3. The summed E-state index contributed by atoms with van der Waals surface area (Å²) in [6.07, 6.45) is 2.74. The van der Waals surface area contributed by atoms with E-state index in [1.165, 1.54) is 12.1 Å². The van der Waals surface area contributed by atoms with Crippen molar-refractivity contribution in [3.05, 3.63) is 58.0 Å². The Balaban J connectivity index is 1.86. The van der Waals surface area contributed by atoms with Crippen LogP contribution in [0.4, 0.5) is 9.18 Å². The van der Waals surface area contributed by atoms with Crippen molar-refractivity contribution in [1.29, 1.82) is 0 Å². The average Bonchev–Trinajstić information content (AvgIpc) is 3.11. The second-order valence-electron chi connectivity index (χ2n) is 5.67. The molecule has 0 saturated heterocycles. The van der Waals surface area contributed by atoms with Gasteiger partial charge in [0.15, 0.2) is 0 Å². The number of halogens is 1. The third-order valence-electron chi connectivity index (χ3n) is 3.72. The lowest BCUT2D eigenvalue weighted by Gasteiger charge is -2.18. The highest BCUT2D eigenvalue weighted by Crippen LogP contribution is 2.26. The van der Waals surface area contributed by atoms with E-state index >= 15 is 0 Å². The summed E-state index contributed by atoms with van der Waals surface area (Å²) in [6, 6.07) is 9.25. The molecular formula is C18H22FN3O2S. The van der Waals surface area contributed by atoms with Gasteiger partial charge in [0.2, 0.25) is 5.91 Å². The van der Waals surface area contributed by atoms with Crippen molar-refractivity contribution in [3.63, 3.8) is 0 Å². The number of nitrogens with two attached hydrogens (primary N) is 1. The van der Waals surface area contributed by atoms with Crippen LogP contribution in [-0.2, 0) is 4.79 Å². The normalized spacial score (nSPS) is 11.7. The van der Waals surface area contributed by atoms with Gasteiger partial charge in [-0.25, -0.2) is 9.18 Å². The second-order valence-corrected chi connectivity index (χ2v) is 6.65. The summed E-state index contributed by atoms with van der Waals surface area (Å²) >= 11 is 1.55. The fourth-order valence-corrected chi connectivity index (χ4v) is 3.26. The third kappa shape index (κ3) is 6.54. The molecule has 2 aromatic rings. The topological polar surface area (TPSA) is 84.2 Å². The van der Waals surface area contributed by atoms with Gasteiger partial charge in [-0.3, -0.25) is 4.79 Å². The molecule has 0 radical (unpaired) electrons. The van der Waals surface area contributed by atoms with Crippen LogP contribution in [0.5, 0.6) is 0 Å². The molecule has 25 heavy (non-hydrogen) atoms. The number of nitrogens with one attached hydrogen (secondary N) is 2. The quantitative estimate of drug-likeness (QED) is 0.597. The van der Waals surface area contributed by atoms with E-state index < -0.39 is 6.03 Å². The number of hydrogen-bond donors (Lipinski definition) is 3. The van der Waals surface area contributed by atoms with Gasteiger partial charge in [0, 0.05) is 17.8 Å². The zero-order chi connectivity index (χ0) is 18.1. The molecular weight excluding hydrogens is 341 g/mol. The Hall–Kier alpha value is -2.41. The zero-order valence-electron chi connectivity index (χ0n) is 13.8. The number of urea groups is 1. The summed E-state index contributed by atoms with van der Waals surface area (Å²) < 4.78 is 13.2. The predicted molar refractivity (Wildman–Crippen MR) is 96.8 cm³/mol. The van der Waals surface area contributed by atoms with Crippen LogP contribution in [0.2, 0.25) is 0 Å². The molecule has 1 atom stereocenters. The van der Waals surface area contributed by atoms with Crippen LogP contribution in [0.15, 0.2) is 41.8 Å². The van der Waals surface area contributed by atoms with E-state index in [-0.39, 0.29) is 17.8 Å². The number of carbonyl (C=O) groups is 2. The maximum Gasteiger partial charge on any atom is 0.312 e. The van der Waals surface area contributed by atoms with Crippen molar-refractivity contribution in [2.45, 2.75) is 31.7 Å². The molecule has 1 heterocycles. The molecule has 1 aromatic heterocycles. The summed E-state index contributed by atoms with van der Waals surface area (Å²) in [5, 5.41) is 7.49. The molecule has 2 rings (SSSR count). The average molecular weight is 363 g/mol. The molecule has 134 valence electrons. The van der Waals surface area contributed by atoms with Crippen LogP contribution >= 0.6 is 11.3 Å². The number of rotatable bonds is 9. The Labute approximate surface area is 150 Å². The fraction of sp³-hybridized carbons (Fsp3) is 0.333. The molecule has 5 nitrogen and oxygen atoms in total. The van der Waals surface area contributed by atoms with E-state index in [0.29, 0.717) is 13.0 Å². The van der Waals surface area contributed by atoms with Crippen molar-refractivity contribution in [3.8, 4) is 0 Å². The molecule has 0 fully saturated rings. The van der Waals surface area contributed by atoms with E-state index in [1.807, 2.05) is 17.5 Å². The first-order chi connectivity index (χ1) is 12.1. The van der Waals surface area contributed by atoms with Gasteiger partial charge in [0.25, 0.3) is 0 Å². The van der Waals surface area contributed by atoms with Crippen molar-refractivity contribution < 1.29 is 14.0 Å². The summed E-state index contributed by atoms with van der Waals surface area (Å²) in [7, 11) is 0. The first-order valence-corrected chi connectivity index (χ1v) is 9.06. The van der Waals surface area contributed by atoms with Crippen LogP contribution in [0.1, 0.15) is 42.2 Å². The summed E-state index contributed by atoms with van der Waals surface area (Å²) in [5.41, 5.74) is 5.83. The number of amides is 3. The lowest BCUT2D eigenvalue weighted by Crippen LogP contribution is -2.30. The minimum atomic E-state index is -0.532. The third-order valence-corrected chi connectivity index (χ3v) is 4.65. The Morgan fingerprint density at radius 2 is 1.88 bits per heavy atom. The molecule has 0 spiro atoms. The molecule has 0 saturated carbocycles. The maximum absolute atomic E-state index is 13.2. The van der Waals surface area contributed by atoms with Crippen molar-refractivity contribution in [2.75, 3.05) is 6.54 Å². The minimum absolute atomic E-state index is 0.0504. The molecule has 0 aliphatic heterocycles. The summed E-state index contributed by atoms with van der Waals surface area (Å²) in [5.74, 6) is -0.352. The number of benzene rings is 1. The molecule has 3 amide bonds. The first kappa shape index (κ1) is 18.9. The lowest BCUT2D eigenvalue weighted by molar-refractivity contribution is -0.121. The number of carbonyl (C=O) groups excluding carboxylic acids is 2. The monoisotopic (exact) mass is 363 g/mol. The Bertz CT molecular complexity index is 674. The van der Waals surface area contributed by atoms with Crippen molar-refractivity contribution in [2.24, 2.45) is 5.73 Å². The van der Waals surface area contributed by atoms with E-state index in [2.05, 4.69) is 10.6 Å². The Kier molecular flexibility index (Phi) is 7.40. The summed E-state index contributed by atoms with van der Waals surface area (Å²) in [4.78, 5) is 23.8. The highest BCUT2D eigenvalue weighted by molar-refractivity contribution is 7.10. The van der Waals surface area contributed by atoms with Crippen LogP contribution in [0.3, 0.4) is 0 Å². The molecule has 0 aliphatic rings. The summed E-state index contributed by atoms with van der Waals surface area (Å²) in [6.45, 7) is 0.518. The van der Waals surface area contributed by atoms with E-state index in [0.717, 1.165) is 29.7 Å². The minimum Gasteiger partial charge on any atom is -0.352 e. The first-order valence-electron chi connectivity index (χ1n) is 8.18. The SMILES string of the molecule is NC(=O)NCCCCCC(=O)NC(c1ccc(F)cc1)c1cccs1. The van der Waals surface area contributed by atoms with Crippen molar-refractivity contribution in [1.82, 2.24) is 10.6 Å². The van der Waals surface area contributed by atoms with E-state index in [9.17, 15) is 14.0 Å². The Morgan fingerprint density at radius 3 is 2.52 bits per heavy atom. The highest BCUT2D eigenvalue weighted by Gasteiger charge is 2.17. The molecule has 1 unspecified atom stereocenters. The van der Waals surface area contributed by atoms with Gasteiger partial charge >= 0.3 is 6.03 Å². The van der Waals surface area contributed by atoms with Gasteiger partial charge in [0.05, 0.1) is 6.04 Å². The van der Waals surface area contributed by atoms with Crippen molar-refractivity contribution >= 4 is 23.3 Å². The van der Waals surface area contributed by atoms with Gasteiger partial charge in [-0.15, -0.1) is 11.3 Å². The van der Waals surface area contributed by atoms with Gasteiger partial charge in [-0.2, -0.15) is 0 Å². The number of thiophene rings is 1. The van der Waals surface area contributed by atoms with Gasteiger partial charge < -0.3 is 16.4 Å². The molecule has 0 aliphatic carbocycles. The number of primary amides is 1. The second kappa shape index (κ2) is 9.78. The largest absolute Gasteiger partial charge is 0.352 e. The van der Waals surface area contributed by atoms with Crippen LogP contribution in [0, 0.1) is 5.82 Å². The lowest BCUT2D eigenvalue weighted by atomic mass is 10.0. The van der Waals surface area contributed by atoms with Crippen LogP contribution in [-0.4, -0.2) is 18.5 Å². The van der Waals surface area contributed by atoms with Gasteiger partial charge in [-0.05, 0) is 42.0 Å². The van der Waals surface area contributed by atoms with E-state index in [4.69, 9.17) is 5.73 Å². The molecule has 7 heteroatoms. The van der Waals surface area contributed by atoms with Crippen LogP contribution < -0.4 is 16.4 Å². The predicted octanol–water partition coefficient (Wildman–Crippen LogP) is 3.32. The standard InChI is InChI=1S/C18H22FN3O2S/c19-14-9-7-13(8-10-14)17(15-5-4-12-25-15)22-16(23)6-2-1-3-11-21-18(20)24/h4-5,7-10,12,17H,1-3,6,11H2,(H,22,23)(H3,20,21,24).